The summed E-state index contributed by atoms with van der Waals surface area (Å²) in [5.41, 5.74) is 1.66. The smallest absolute Gasteiger partial charge is 0.259 e. The van der Waals surface area contributed by atoms with E-state index in [1.54, 1.807) is 0 Å². The van der Waals surface area contributed by atoms with E-state index in [1.165, 1.54) is 6.33 Å². The molecule has 1 N–H and O–H groups in total. The highest BCUT2D eigenvalue weighted by atomic mass is 35.5. The number of hydrogen-bond acceptors (Lipinski definition) is 5. The molecule has 3 rings (SSSR count). The molecule has 0 saturated heterocycles. The molecule has 0 saturated carbocycles. The van der Waals surface area contributed by atoms with Gasteiger partial charge in [0.15, 0.2) is 5.82 Å². The number of nitrogens with zero attached hydrogens (tertiary/aromatic N) is 4. The Kier molecular flexibility index (Phi) is 2.56. The molecule has 18 heavy (non-hydrogen) atoms. The van der Waals surface area contributed by atoms with E-state index in [4.69, 9.17) is 16.1 Å². The number of rotatable bonds is 2. The van der Waals surface area contributed by atoms with Gasteiger partial charge in [-0.25, -0.2) is 4.98 Å². The number of aryl methyl sites for hydroxylation is 1. The first-order valence-corrected chi connectivity index (χ1v) is 5.58. The molecular formula is C11H8ClN5O. The molecule has 3 aromatic rings. The van der Waals surface area contributed by atoms with Crippen LogP contribution in [0.4, 0.5) is 0 Å². The molecule has 0 unspecified atom stereocenters. The Morgan fingerprint density at radius 2 is 2.22 bits per heavy atom. The Morgan fingerprint density at radius 3 is 3.00 bits per heavy atom. The number of benzene rings is 1. The van der Waals surface area contributed by atoms with Gasteiger partial charge in [-0.2, -0.15) is 10.1 Å². The van der Waals surface area contributed by atoms with Crippen molar-refractivity contribution in [1.29, 1.82) is 0 Å². The number of hydrogen-bond donors (Lipinski definition) is 1. The minimum Gasteiger partial charge on any atom is -0.333 e. The lowest BCUT2D eigenvalue weighted by Crippen LogP contribution is -1.85. The number of aromatic nitrogens is 5. The maximum absolute atomic E-state index is 6.20. The van der Waals surface area contributed by atoms with Crippen LogP contribution in [0.1, 0.15) is 5.56 Å². The summed E-state index contributed by atoms with van der Waals surface area (Å²) >= 11 is 6.20. The van der Waals surface area contributed by atoms with Gasteiger partial charge in [0.1, 0.15) is 6.33 Å². The largest absolute Gasteiger partial charge is 0.333 e. The van der Waals surface area contributed by atoms with Crippen LogP contribution in [-0.2, 0) is 0 Å². The number of nitrogens with one attached hydrogen (secondary N) is 1. The van der Waals surface area contributed by atoms with Crippen molar-refractivity contribution in [2.24, 2.45) is 0 Å². The summed E-state index contributed by atoms with van der Waals surface area (Å²) in [5.74, 6) is 1.16. The molecule has 0 aliphatic carbocycles. The van der Waals surface area contributed by atoms with Crippen LogP contribution in [0.25, 0.3) is 23.1 Å². The van der Waals surface area contributed by atoms with Crippen molar-refractivity contribution < 1.29 is 4.52 Å². The van der Waals surface area contributed by atoms with Crippen molar-refractivity contribution >= 4 is 11.6 Å². The van der Waals surface area contributed by atoms with Crippen LogP contribution in [0.3, 0.4) is 0 Å². The first kappa shape index (κ1) is 10.9. The highest BCUT2D eigenvalue weighted by Gasteiger charge is 2.15. The van der Waals surface area contributed by atoms with Crippen molar-refractivity contribution in [2.75, 3.05) is 0 Å². The van der Waals surface area contributed by atoms with Gasteiger partial charge in [-0.1, -0.05) is 28.9 Å². The Labute approximate surface area is 107 Å². The summed E-state index contributed by atoms with van der Waals surface area (Å²) < 4.78 is 5.18. The first-order valence-electron chi connectivity index (χ1n) is 5.20. The van der Waals surface area contributed by atoms with Gasteiger partial charge in [0.25, 0.3) is 5.89 Å². The maximum atomic E-state index is 6.20. The first-order chi connectivity index (χ1) is 8.75. The molecule has 0 aliphatic rings. The van der Waals surface area contributed by atoms with E-state index >= 15 is 0 Å². The van der Waals surface area contributed by atoms with E-state index in [1.807, 2.05) is 25.1 Å². The van der Waals surface area contributed by atoms with Crippen molar-refractivity contribution in [3.63, 3.8) is 0 Å². The van der Waals surface area contributed by atoms with Gasteiger partial charge in [0.2, 0.25) is 5.82 Å². The van der Waals surface area contributed by atoms with Crippen LogP contribution >= 0.6 is 11.6 Å². The highest BCUT2D eigenvalue weighted by molar-refractivity contribution is 6.33. The molecular weight excluding hydrogens is 254 g/mol. The predicted octanol–water partition coefficient (Wildman–Crippen LogP) is 2.48. The molecule has 1 aromatic carbocycles. The molecule has 2 heterocycles. The van der Waals surface area contributed by atoms with Crippen LogP contribution in [-0.4, -0.2) is 25.3 Å². The normalized spacial score (nSPS) is 10.8. The number of halogens is 1. The lowest BCUT2D eigenvalue weighted by Gasteiger charge is -2.00. The third-order valence-corrected chi connectivity index (χ3v) is 2.98. The Morgan fingerprint density at radius 1 is 1.33 bits per heavy atom. The lowest BCUT2D eigenvalue weighted by molar-refractivity contribution is 0.432. The van der Waals surface area contributed by atoms with E-state index in [2.05, 4.69) is 25.3 Å². The van der Waals surface area contributed by atoms with Gasteiger partial charge in [-0.05, 0) is 18.6 Å². The van der Waals surface area contributed by atoms with Gasteiger partial charge in [-0.3, -0.25) is 5.10 Å². The number of H-pyrrole nitrogens is 1. The molecule has 0 amide bonds. The van der Waals surface area contributed by atoms with Crippen molar-refractivity contribution in [1.82, 2.24) is 25.3 Å². The van der Waals surface area contributed by atoms with E-state index < -0.39 is 0 Å². The average molecular weight is 262 g/mol. The topological polar surface area (TPSA) is 80.5 Å². The molecule has 7 heteroatoms. The molecule has 0 bridgehead atoms. The monoisotopic (exact) mass is 261 g/mol. The van der Waals surface area contributed by atoms with Crippen LogP contribution in [0.15, 0.2) is 29.0 Å². The zero-order chi connectivity index (χ0) is 12.5. The summed E-state index contributed by atoms with van der Waals surface area (Å²) in [7, 11) is 0. The van der Waals surface area contributed by atoms with Gasteiger partial charge in [-0.15, -0.1) is 0 Å². The van der Waals surface area contributed by atoms with Crippen molar-refractivity contribution in [2.45, 2.75) is 6.92 Å². The molecule has 2 aromatic heterocycles. The second-order valence-corrected chi connectivity index (χ2v) is 4.07. The van der Waals surface area contributed by atoms with Gasteiger partial charge < -0.3 is 4.52 Å². The summed E-state index contributed by atoms with van der Waals surface area (Å²) in [5, 5.41) is 10.8. The predicted molar refractivity (Wildman–Crippen MR) is 64.9 cm³/mol. The molecule has 0 radical (unpaired) electrons. The maximum Gasteiger partial charge on any atom is 0.259 e. The van der Waals surface area contributed by atoms with E-state index in [0.717, 1.165) is 5.56 Å². The lowest BCUT2D eigenvalue weighted by atomic mass is 10.1. The Balaban J connectivity index is 2.06. The Hall–Kier alpha value is -2.21. The minimum absolute atomic E-state index is 0.347. The summed E-state index contributed by atoms with van der Waals surface area (Å²) in [6.45, 7) is 1.92. The number of aromatic amines is 1. The molecule has 90 valence electrons. The summed E-state index contributed by atoms with van der Waals surface area (Å²) in [6.07, 6.45) is 1.38. The van der Waals surface area contributed by atoms with Crippen LogP contribution in [0.5, 0.6) is 0 Å². The SMILES string of the molecule is Cc1cccc(-c2nc(-c3ncn[nH]3)no2)c1Cl. The fraction of sp³-hybridized carbons (Fsp3) is 0.0909. The molecule has 0 aliphatic heterocycles. The van der Waals surface area contributed by atoms with E-state index in [9.17, 15) is 0 Å². The minimum atomic E-state index is 0.347. The quantitative estimate of drug-likeness (QED) is 0.766. The summed E-state index contributed by atoms with van der Waals surface area (Å²) in [4.78, 5) is 8.18. The van der Waals surface area contributed by atoms with Gasteiger partial charge >= 0.3 is 0 Å². The zero-order valence-corrected chi connectivity index (χ0v) is 10.1. The second kappa shape index (κ2) is 4.23. The third-order valence-electron chi connectivity index (χ3n) is 2.48. The van der Waals surface area contributed by atoms with Gasteiger partial charge in [0.05, 0.1) is 10.6 Å². The van der Waals surface area contributed by atoms with Crippen LogP contribution in [0.2, 0.25) is 5.02 Å². The van der Waals surface area contributed by atoms with E-state index in [0.29, 0.717) is 28.1 Å². The van der Waals surface area contributed by atoms with Crippen LogP contribution < -0.4 is 0 Å². The highest BCUT2D eigenvalue weighted by Crippen LogP contribution is 2.29. The van der Waals surface area contributed by atoms with Crippen molar-refractivity contribution in [3.05, 3.63) is 35.1 Å². The fourth-order valence-corrected chi connectivity index (χ4v) is 1.76. The van der Waals surface area contributed by atoms with Crippen LogP contribution in [0, 0.1) is 6.92 Å². The fourth-order valence-electron chi connectivity index (χ4n) is 1.55. The summed E-state index contributed by atoms with van der Waals surface area (Å²) in [6, 6.07) is 5.63. The molecule has 6 nitrogen and oxygen atoms in total. The van der Waals surface area contributed by atoms with Gasteiger partial charge in [0, 0.05) is 0 Å². The zero-order valence-electron chi connectivity index (χ0n) is 9.38. The van der Waals surface area contributed by atoms with E-state index in [-0.39, 0.29) is 0 Å². The molecule has 0 atom stereocenters. The van der Waals surface area contributed by atoms with Crippen molar-refractivity contribution in [3.8, 4) is 23.1 Å². The molecule has 0 fully saturated rings. The second-order valence-electron chi connectivity index (χ2n) is 3.69. The standard InChI is InChI=1S/C11H8ClN5O/c1-6-3-2-4-7(8(6)12)11-15-10(17-18-11)9-13-5-14-16-9/h2-5H,1H3,(H,13,14,16). The molecule has 0 spiro atoms. The average Bonchev–Trinajstić information content (AvgIpc) is 3.01. The Bertz CT molecular complexity index is 677. The third kappa shape index (κ3) is 1.76.